The number of rotatable bonds is 8. The highest BCUT2D eigenvalue weighted by atomic mass is 35.5. The van der Waals surface area contributed by atoms with Crippen LogP contribution in [0.5, 0.6) is 5.75 Å². The van der Waals surface area contributed by atoms with Crippen LogP contribution in [0.15, 0.2) is 36.4 Å². The van der Waals surface area contributed by atoms with E-state index in [1.165, 1.54) is 0 Å². The van der Waals surface area contributed by atoms with Crippen LogP contribution in [0.2, 0.25) is 5.02 Å². The van der Waals surface area contributed by atoms with Crippen LogP contribution < -0.4 is 9.64 Å². The Balaban J connectivity index is 1.32. The summed E-state index contributed by atoms with van der Waals surface area (Å²) in [6, 6.07) is 11.6. The van der Waals surface area contributed by atoms with Crippen LogP contribution in [0.25, 0.3) is 10.2 Å². The summed E-state index contributed by atoms with van der Waals surface area (Å²) in [6.07, 6.45) is 1.94. The predicted molar refractivity (Wildman–Crippen MR) is 131 cm³/mol. The molecule has 1 fully saturated rings. The fourth-order valence-electron chi connectivity index (χ4n) is 4.00. The summed E-state index contributed by atoms with van der Waals surface area (Å²) >= 11 is 7.82. The van der Waals surface area contributed by atoms with Crippen molar-refractivity contribution in [1.29, 1.82) is 0 Å². The van der Waals surface area contributed by atoms with E-state index >= 15 is 0 Å². The molecule has 1 aromatic heterocycles. The zero-order valence-electron chi connectivity index (χ0n) is 18.2. The lowest BCUT2D eigenvalue weighted by Gasteiger charge is -2.22. The SMILES string of the molecule is CCc1ccc(CC(=O)O)cc1OCCN1CCCN(c2nc3ccc(Cl)cc3s2)CC1. The van der Waals surface area contributed by atoms with Crippen molar-refractivity contribution in [3.05, 3.63) is 52.5 Å². The maximum absolute atomic E-state index is 11.0. The highest BCUT2D eigenvalue weighted by Gasteiger charge is 2.18. The summed E-state index contributed by atoms with van der Waals surface area (Å²) < 4.78 is 7.21. The molecule has 0 unspecified atom stereocenters. The van der Waals surface area contributed by atoms with Gasteiger partial charge < -0.3 is 14.7 Å². The van der Waals surface area contributed by atoms with Gasteiger partial charge in [0.15, 0.2) is 5.13 Å². The Morgan fingerprint density at radius 2 is 2.06 bits per heavy atom. The number of halogens is 1. The van der Waals surface area contributed by atoms with Gasteiger partial charge >= 0.3 is 5.97 Å². The van der Waals surface area contributed by atoms with E-state index < -0.39 is 5.97 Å². The van der Waals surface area contributed by atoms with E-state index in [-0.39, 0.29) is 6.42 Å². The highest BCUT2D eigenvalue weighted by Crippen LogP contribution is 2.31. The molecule has 3 aromatic rings. The van der Waals surface area contributed by atoms with Gasteiger partial charge in [0.25, 0.3) is 0 Å². The van der Waals surface area contributed by atoms with E-state index in [1.54, 1.807) is 11.3 Å². The van der Waals surface area contributed by atoms with Crippen molar-refractivity contribution in [2.75, 3.05) is 44.2 Å². The Labute approximate surface area is 197 Å². The number of anilines is 1. The van der Waals surface area contributed by atoms with Gasteiger partial charge in [-0.05, 0) is 48.2 Å². The molecule has 1 aliphatic heterocycles. The Bertz CT molecular complexity index is 1090. The molecule has 32 heavy (non-hydrogen) atoms. The Morgan fingerprint density at radius 3 is 2.88 bits per heavy atom. The fourth-order valence-corrected chi connectivity index (χ4v) is 5.30. The second kappa shape index (κ2) is 10.5. The van der Waals surface area contributed by atoms with Crippen molar-refractivity contribution in [3.8, 4) is 5.75 Å². The number of aryl methyl sites for hydroxylation is 1. The number of benzene rings is 2. The van der Waals surface area contributed by atoms with E-state index in [9.17, 15) is 4.79 Å². The first-order valence-corrected chi connectivity index (χ1v) is 12.2. The summed E-state index contributed by atoms with van der Waals surface area (Å²) in [5.41, 5.74) is 2.88. The Hall–Kier alpha value is -2.35. The van der Waals surface area contributed by atoms with Crippen molar-refractivity contribution in [1.82, 2.24) is 9.88 Å². The molecule has 0 saturated carbocycles. The van der Waals surface area contributed by atoms with Crippen molar-refractivity contribution < 1.29 is 14.6 Å². The van der Waals surface area contributed by atoms with Gasteiger partial charge in [0, 0.05) is 37.7 Å². The lowest BCUT2D eigenvalue weighted by molar-refractivity contribution is -0.136. The largest absolute Gasteiger partial charge is 0.492 e. The molecule has 170 valence electrons. The lowest BCUT2D eigenvalue weighted by atomic mass is 10.1. The molecule has 0 aliphatic carbocycles. The number of carbonyl (C=O) groups is 1. The summed E-state index contributed by atoms with van der Waals surface area (Å²) in [5, 5.41) is 10.9. The smallest absolute Gasteiger partial charge is 0.307 e. The molecule has 6 nitrogen and oxygen atoms in total. The molecule has 8 heteroatoms. The number of carboxylic acid groups (broad SMARTS) is 1. The minimum Gasteiger partial charge on any atom is -0.492 e. The Morgan fingerprint density at radius 1 is 1.19 bits per heavy atom. The van der Waals surface area contributed by atoms with Crippen molar-refractivity contribution in [3.63, 3.8) is 0 Å². The van der Waals surface area contributed by atoms with E-state index in [0.29, 0.717) is 6.61 Å². The van der Waals surface area contributed by atoms with Gasteiger partial charge in [-0.3, -0.25) is 9.69 Å². The second-order valence-electron chi connectivity index (χ2n) is 8.01. The van der Waals surface area contributed by atoms with E-state index in [1.807, 2.05) is 36.4 Å². The number of thiazole rings is 1. The van der Waals surface area contributed by atoms with Gasteiger partial charge in [0.2, 0.25) is 0 Å². The van der Waals surface area contributed by atoms with Gasteiger partial charge in [-0.15, -0.1) is 0 Å². The summed E-state index contributed by atoms with van der Waals surface area (Å²) in [4.78, 5) is 20.6. The number of hydrogen-bond donors (Lipinski definition) is 1. The number of ether oxygens (including phenoxy) is 1. The fraction of sp³-hybridized carbons (Fsp3) is 0.417. The minimum absolute atomic E-state index is 0.0142. The molecule has 2 aromatic carbocycles. The van der Waals surface area contributed by atoms with Crippen LogP contribution in [0.3, 0.4) is 0 Å². The first-order chi connectivity index (χ1) is 15.5. The average molecular weight is 474 g/mol. The van der Waals surface area contributed by atoms with Crippen LogP contribution in [-0.4, -0.2) is 60.3 Å². The molecule has 1 N–H and O–H groups in total. The van der Waals surface area contributed by atoms with E-state index in [4.69, 9.17) is 26.4 Å². The number of nitrogens with zero attached hydrogens (tertiary/aromatic N) is 3. The summed E-state index contributed by atoms with van der Waals surface area (Å²) in [5.74, 6) is -0.0265. The highest BCUT2D eigenvalue weighted by molar-refractivity contribution is 7.22. The molecule has 0 bridgehead atoms. The maximum Gasteiger partial charge on any atom is 0.307 e. The Kier molecular flexibility index (Phi) is 7.50. The zero-order chi connectivity index (χ0) is 22.5. The number of aliphatic carboxylic acids is 1. The van der Waals surface area contributed by atoms with Crippen LogP contribution >= 0.6 is 22.9 Å². The standard InChI is InChI=1S/C24H28ClN3O3S/c1-2-18-5-4-17(15-23(29)30)14-21(18)31-13-12-27-8-3-9-28(11-10-27)24-26-20-7-6-19(25)16-22(20)32-24/h4-7,14,16H,2-3,8-13,15H2,1H3,(H,29,30). The molecule has 2 heterocycles. The maximum atomic E-state index is 11.0. The number of hydrogen-bond acceptors (Lipinski definition) is 6. The molecule has 1 aliphatic rings. The first-order valence-electron chi connectivity index (χ1n) is 11.0. The molecule has 0 spiro atoms. The van der Waals surface area contributed by atoms with Gasteiger partial charge in [0.1, 0.15) is 12.4 Å². The molecule has 0 radical (unpaired) electrons. The zero-order valence-corrected chi connectivity index (χ0v) is 19.8. The number of fused-ring (bicyclic) bond motifs is 1. The quantitative estimate of drug-likeness (QED) is 0.510. The molecule has 4 rings (SSSR count). The first kappa shape index (κ1) is 22.8. The van der Waals surface area contributed by atoms with Gasteiger partial charge in [-0.2, -0.15) is 0 Å². The number of aromatic nitrogens is 1. The van der Waals surface area contributed by atoms with Crippen LogP contribution in [0.4, 0.5) is 5.13 Å². The second-order valence-corrected chi connectivity index (χ2v) is 9.45. The summed E-state index contributed by atoms with van der Waals surface area (Å²) in [7, 11) is 0. The van der Waals surface area contributed by atoms with E-state index in [0.717, 1.165) is 82.8 Å². The van der Waals surface area contributed by atoms with Crippen LogP contribution in [0, 0.1) is 0 Å². The molecule has 0 amide bonds. The van der Waals surface area contributed by atoms with Crippen molar-refractivity contribution in [2.24, 2.45) is 0 Å². The summed E-state index contributed by atoms with van der Waals surface area (Å²) in [6.45, 7) is 7.41. The van der Waals surface area contributed by atoms with Gasteiger partial charge in [-0.1, -0.05) is 42.0 Å². The molecular formula is C24H28ClN3O3S. The van der Waals surface area contributed by atoms with Crippen molar-refractivity contribution in [2.45, 2.75) is 26.2 Å². The van der Waals surface area contributed by atoms with Gasteiger partial charge in [-0.25, -0.2) is 4.98 Å². The predicted octanol–water partition coefficient (Wildman–Crippen LogP) is 4.73. The number of carboxylic acids is 1. The molecule has 0 atom stereocenters. The normalized spacial score (nSPS) is 15.1. The van der Waals surface area contributed by atoms with Crippen LogP contribution in [0.1, 0.15) is 24.5 Å². The topological polar surface area (TPSA) is 65.9 Å². The lowest BCUT2D eigenvalue weighted by Crippen LogP contribution is -2.33. The monoisotopic (exact) mass is 473 g/mol. The average Bonchev–Trinajstić information content (AvgIpc) is 3.03. The third-order valence-corrected chi connectivity index (χ3v) is 7.05. The van der Waals surface area contributed by atoms with Crippen molar-refractivity contribution >= 4 is 44.3 Å². The minimum atomic E-state index is -0.828. The molecule has 1 saturated heterocycles. The van der Waals surface area contributed by atoms with E-state index in [2.05, 4.69) is 16.7 Å². The molecular weight excluding hydrogens is 446 g/mol. The third kappa shape index (κ3) is 5.71. The van der Waals surface area contributed by atoms with Crippen LogP contribution in [-0.2, 0) is 17.6 Å². The van der Waals surface area contributed by atoms with Gasteiger partial charge in [0.05, 0.1) is 16.6 Å². The third-order valence-electron chi connectivity index (χ3n) is 5.73.